The maximum absolute atomic E-state index is 11.5. The molecule has 2 heteroatoms. The molecule has 0 aromatic rings. The van der Waals surface area contributed by atoms with Gasteiger partial charge >= 0.3 is 0 Å². The molecule has 1 saturated carbocycles. The normalized spacial score (nSPS) is 35.1. The summed E-state index contributed by atoms with van der Waals surface area (Å²) in [7, 11) is 0. The first kappa shape index (κ1) is 11.5. The third-order valence-electron chi connectivity index (χ3n) is 3.86. The van der Waals surface area contributed by atoms with Crippen molar-refractivity contribution in [2.75, 3.05) is 5.75 Å². The van der Waals surface area contributed by atoms with E-state index in [1.54, 1.807) is 0 Å². The van der Waals surface area contributed by atoms with Crippen molar-refractivity contribution in [2.45, 2.75) is 57.1 Å². The zero-order chi connectivity index (χ0) is 10.7. The van der Waals surface area contributed by atoms with Crippen LogP contribution < -0.4 is 0 Å². The lowest BCUT2D eigenvalue weighted by Gasteiger charge is -2.25. The van der Waals surface area contributed by atoms with Gasteiger partial charge in [-0.15, -0.1) is 11.8 Å². The van der Waals surface area contributed by atoms with Gasteiger partial charge in [0.25, 0.3) is 0 Å². The van der Waals surface area contributed by atoms with Crippen LogP contribution in [-0.4, -0.2) is 16.8 Å². The van der Waals surface area contributed by atoms with Crippen LogP contribution in [0.15, 0.2) is 0 Å². The van der Waals surface area contributed by atoms with E-state index in [9.17, 15) is 4.79 Å². The highest BCUT2D eigenvalue weighted by Gasteiger charge is 2.29. The fourth-order valence-electron chi connectivity index (χ4n) is 2.58. The first-order valence-corrected chi connectivity index (χ1v) is 7.45. The molecular formula is C13H22OS. The minimum absolute atomic E-state index is 0.399. The van der Waals surface area contributed by atoms with Gasteiger partial charge in [-0.1, -0.05) is 39.0 Å². The SMILES string of the molecule is CC1CCC(CCCC(=O)C2CS2)CC1. The number of hydrogen-bond acceptors (Lipinski definition) is 2. The molecule has 0 radical (unpaired) electrons. The molecule has 1 heterocycles. The van der Waals surface area contributed by atoms with E-state index in [0.717, 1.165) is 30.4 Å². The smallest absolute Gasteiger partial charge is 0.146 e. The molecule has 1 unspecified atom stereocenters. The fraction of sp³-hybridized carbons (Fsp3) is 0.923. The maximum atomic E-state index is 11.5. The molecule has 0 N–H and O–H groups in total. The zero-order valence-corrected chi connectivity index (χ0v) is 10.5. The van der Waals surface area contributed by atoms with Gasteiger partial charge in [0.2, 0.25) is 0 Å². The van der Waals surface area contributed by atoms with Crippen LogP contribution in [-0.2, 0) is 4.79 Å². The van der Waals surface area contributed by atoms with Crippen LogP contribution >= 0.6 is 11.8 Å². The van der Waals surface area contributed by atoms with Gasteiger partial charge in [0, 0.05) is 12.2 Å². The van der Waals surface area contributed by atoms with Gasteiger partial charge in [-0.05, 0) is 18.3 Å². The molecule has 2 fully saturated rings. The summed E-state index contributed by atoms with van der Waals surface area (Å²) >= 11 is 1.81. The number of carbonyl (C=O) groups excluding carboxylic acids is 1. The highest BCUT2D eigenvalue weighted by atomic mass is 32.2. The van der Waals surface area contributed by atoms with E-state index in [0.29, 0.717) is 11.0 Å². The third kappa shape index (κ3) is 3.82. The predicted molar refractivity (Wildman–Crippen MR) is 66.2 cm³/mol. The molecule has 1 aliphatic carbocycles. The molecule has 0 amide bonds. The van der Waals surface area contributed by atoms with Crippen LogP contribution in [0.4, 0.5) is 0 Å². The standard InChI is InChI=1S/C13H22OS/c1-10-5-7-11(8-6-10)3-2-4-12(14)13-9-15-13/h10-11,13H,2-9H2,1H3. The van der Waals surface area contributed by atoms with Crippen molar-refractivity contribution in [3.8, 4) is 0 Å². The predicted octanol–water partition coefficient (Wildman–Crippen LogP) is 3.67. The van der Waals surface area contributed by atoms with Crippen LogP contribution in [0.1, 0.15) is 51.9 Å². The summed E-state index contributed by atoms with van der Waals surface area (Å²) in [5.74, 6) is 3.50. The monoisotopic (exact) mass is 226 g/mol. The highest BCUT2D eigenvalue weighted by molar-refractivity contribution is 8.07. The van der Waals surface area contributed by atoms with Gasteiger partial charge < -0.3 is 0 Å². The summed E-state index contributed by atoms with van der Waals surface area (Å²) < 4.78 is 0. The second kappa shape index (κ2) is 5.38. The Morgan fingerprint density at radius 3 is 2.53 bits per heavy atom. The van der Waals surface area contributed by atoms with Crippen molar-refractivity contribution in [3.05, 3.63) is 0 Å². The first-order valence-electron chi connectivity index (χ1n) is 6.40. The lowest BCUT2D eigenvalue weighted by molar-refractivity contribution is -0.117. The summed E-state index contributed by atoms with van der Waals surface area (Å²) in [5, 5.41) is 0.399. The average molecular weight is 226 g/mol. The minimum atomic E-state index is 0.399. The molecule has 1 aliphatic heterocycles. The Bertz CT molecular complexity index is 215. The summed E-state index contributed by atoms with van der Waals surface area (Å²) in [5.41, 5.74) is 0. The second-order valence-electron chi connectivity index (χ2n) is 5.31. The van der Waals surface area contributed by atoms with Crippen LogP contribution in [0.3, 0.4) is 0 Å². The minimum Gasteiger partial charge on any atom is -0.298 e. The molecule has 15 heavy (non-hydrogen) atoms. The van der Waals surface area contributed by atoms with Crippen molar-refractivity contribution < 1.29 is 4.79 Å². The molecule has 1 atom stereocenters. The summed E-state index contributed by atoms with van der Waals surface area (Å²) in [6.45, 7) is 2.37. The molecule has 2 aliphatic rings. The number of rotatable bonds is 5. The Balaban J connectivity index is 1.55. The number of thioether (sulfide) groups is 1. The van der Waals surface area contributed by atoms with Gasteiger partial charge in [0.05, 0.1) is 5.25 Å². The van der Waals surface area contributed by atoms with Crippen LogP contribution in [0.25, 0.3) is 0 Å². The zero-order valence-electron chi connectivity index (χ0n) is 9.71. The quantitative estimate of drug-likeness (QED) is 0.665. The molecular weight excluding hydrogens is 204 g/mol. The van der Waals surface area contributed by atoms with Crippen LogP contribution in [0.5, 0.6) is 0 Å². The van der Waals surface area contributed by atoms with E-state index in [1.807, 2.05) is 11.8 Å². The van der Waals surface area contributed by atoms with Gasteiger partial charge in [-0.3, -0.25) is 4.79 Å². The van der Waals surface area contributed by atoms with E-state index >= 15 is 0 Å². The van der Waals surface area contributed by atoms with E-state index in [4.69, 9.17) is 0 Å². The van der Waals surface area contributed by atoms with E-state index in [-0.39, 0.29) is 0 Å². The molecule has 0 spiro atoms. The molecule has 1 saturated heterocycles. The van der Waals surface area contributed by atoms with Crippen LogP contribution in [0.2, 0.25) is 0 Å². The summed E-state index contributed by atoms with van der Waals surface area (Å²) in [6.07, 6.45) is 8.95. The lowest BCUT2D eigenvalue weighted by Crippen LogP contribution is -2.13. The van der Waals surface area contributed by atoms with Crippen molar-refractivity contribution in [1.82, 2.24) is 0 Å². The number of hydrogen-bond donors (Lipinski definition) is 0. The third-order valence-corrected chi connectivity index (χ3v) is 4.79. The molecule has 86 valence electrons. The molecule has 0 bridgehead atoms. The van der Waals surface area contributed by atoms with Gasteiger partial charge in [-0.2, -0.15) is 0 Å². The molecule has 1 nitrogen and oxygen atoms in total. The Morgan fingerprint density at radius 1 is 1.27 bits per heavy atom. The molecule has 2 rings (SSSR count). The van der Waals surface area contributed by atoms with Gasteiger partial charge in [-0.25, -0.2) is 0 Å². The molecule has 0 aromatic heterocycles. The average Bonchev–Trinajstić information content (AvgIpc) is 3.04. The van der Waals surface area contributed by atoms with Gasteiger partial charge in [0.15, 0.2) is 0 Å². The number of ketones is 1. The van der Waals surface area contributed by atoms with E-state index in [2.05, 4.69) is 6.92 Å². The summed E-state index contributed by atoms with van der Waals surface area (Å²) in [4.78, 5) is 11.5. The van der Waals surface area contributed by atoms with E-state index in [1.165, 1.54) is 32.1 Å². The van der Waals surface area contributed by atoms with Crippen molar-refractivity contribution in [1.29, 1.82) is 0 Å². The Hall–Kier alpha value is 0.0200. The lowest BCUT2D eigenvalue weighted by atomic mass is 9.80. The summed E-state index contributed by atoms with van der Waals surface area (Å²) in [6, 6.07) is 0. The largest absolute Gasteiger partial charge is 0.298 e. The van der Waals surface area contributed by atoms with Crippen LogP contribution in [0, 0.1) is 11.8 Å². The highest BCUT2D eigenvalue weighted by Crippen LogP contribution is 2.34. The van der Waals surface area contributed by atoms with Crippen molar-refractivity contribution in [2.24, 2.45) is 11.8 Å². The number of Topliss-reactive ketones (excluding diaryl/α,β-unsaturated/α-hetero) is 1. The Labute approximate surface area is 97.4 Å². The maximum Gasteiger partial charge on any atom is 0.146 e. The van der Waals surface area contributed by atoms with Gasteiger partial charge in [0.1, 0.15) is 5.78 Å². The topological polar surface area (TPSA) is 17.1 Å². The first-order chi connectivity index (χ1) is 7.25. The Morgan fingerprint density at radius 2 is 1.93 bits per heavy atom. The van der Waals surface area contributed by atoms with E-state index < -0.39 is 0 Å². The van der Waals surface area contributed by atoms with Crippen molar-refractivity contribution in [3.63, 3.8) is 0 Å². The second-order valence-corrected chi connectivity index (χ2v) is 6.54. The molecule has 0 aromatic carbocycles. The van der Waals surface area contributed by atoms with Crippen molar-refractivity contribution >= 4 is 17.5 Å². The Kier molecular flexibility index (Phi) is 4.13. The fourth-order valence-corrected chi connectivity index (χ4v) is 3.16. The number of carbonyl (C=O) groups is 1.